The summed E-state index contributed by atoms with van der Waals surface area (Å²) in [6, 6.07) is 7.71. The van der Waals surface area contributed by atoms with E-state index < -0.39 is 6.10 Å². The second-order valence-corrected chi connectivity index (χ2v) is 4.57. The van der Waals surface area contributed by atoms with Crippen molar-refractivity contribution in [1.29, 1.82) is 0 Å². The molecule has 0 fully saturated rings. The molecule has 1 aromatic carbocycles. The number of aromatic nitrogens is 1. The van der Waals surface area contributed by atoms with Crippen molar-refractivity contribution in [2.24, 2.45) is 0 Å². The Kier molecular flexibility index (Phi) is 3.46. The van der Waals surface area contributed by atoms with Gasteiger partial charge in [0.2, 0.25) is 0 Å². The molecule has 2 rings (SSSR count). The van der Waals surface area contributed by atoms with Crippen LogP contribution in [0.25, 0.3) is 0 Å². The van der Waals surface area contributed by atoms with Crippen molar-refractivity contribution in [3.63, 3.8) is 0 Å². The highest BCUT2D eigenvalue weighted by molar-refractivity contribution is 6.31. The van der Waals surface area contributed by atoms with Gasteiger partial charge in [-0.2, -0.15) is 0 Å². The average molecular weight is 248 g/mol. The standard InChI is InChI=1S/C14H14ClNO/c1-9-3-4-11(10(2)7-9)14(17)12-5-6-16-8-13(12)15/h3-8,14,17H,1-2H3. The SMILES string of the molecule is Cc1ccc(C(O)c2ccncc2Cl)c(C)c1. The van der Waals surface area contributed by atoms with Crippen molar-refractivity contribution in [3.05, 3.63) is 63.9 Å². The van der Waals surface area contributed by atoms with Gasteiger partial charge in [-0.1, -0.05) is 35.4 Å². The molecule has 0 aliphatic heterocycles. The van der Waals surface area contributed by atoms with Crippen LogP contribution in [0.5, 0.6) is 0 Å². The Hall–Kier alpha value is -1.38. The number of aliphatic hydroxyl groups excluding tert-OH is 1. The summed E-state index contributed by atoms with van der Waals surface area (Å²) in [5.41, 5.74) is 3.81. The number of aliphatic hydroxyl groups is 1. The third-order valence-corrected chi connectivity index (χ3v) is 3.13. The molecule has 1 N–H and O–H groups in total. The molecule has 1 heterocycles. The van der Waals surface area contributed by atoms with Gasteiger partial charge in [0.25, 0.3) is 0 Å². The van der Waals surface area contributed by atoms with Crippen molar-refractivity contribution >= 4 is 11.6 Å². The number of pyridine rings is 1. The topological polar surface area (TPSA) is 33.1 Å². The number of hydrogen-bond donors (Lipinski definition) is 1. The lowest BCUT2D eigenvalue weighted by molar-refractivity contribution is 0.219. The number of aryl methyl sites for hydroxylation is 2. The van der Waals surface area contributed by atoms with E-state index in [1.165, 1.54) is 5.56 Å². The Morgan fingerprint density at radius 1 is 1.18 bits per heavy atom. The summed E-state index contributed by atoms with van der Waals surface area (Å²) >= 11 is 6.03. The van der Waals surface area contributed by atoms with Gasteiger partial charge in [-0.15, -0.1) is 0 Å². The third-order valence-electron chi connectivity index (χ3n) is 2.82. The van der Waals surface area contributed by atoms with Crippen LogP contribution in [0.2, 0.25) is 5.02 Å². The Balaban J connectivity index is 2.44. The van der Waals surface area contributed by atoms with E-state index in [1.807, 2.05) is 32.0 Å². The summed E-state index contributed by atoms with van der Waals surface area (Å²) < 4.78 is 0. The van der Waals surface area contributed by atoms with Crippen LogP contribution in [0.4, 0.5) is 0 Å². The third kappa shape index (κ3) is 2.48. The molecule has 0 radical (unpaired) electrons. The summed E-state index contributed by atoms with van der Waals surface area (Å²) in [4.78, 5) is 3.91. The number of benzene rings is 1. The van der Waals surface area contributed by atoms with Crippen molar-refractivity contribution < 1.29 is 5.11 Å². The maximum atomic E-state index is 10.3. The zero-order valence-electron chi connectivity index (χ0n) is 9.81. The first-order valence-corrected chi connectivity index (χ1v) is 5.82. The molecule has 2 aromatic rings. The monoisotopic (exact) mass is 247 g/mol. The molecule has 0 amide bonds. The van der Waals surface area contributed by atoms with Crippen molar-refractivity contribution in [2.75, 3.05) is 0 Å². The first-order chi connectivity index (χ1) is 8.09. The smallest absolute Gasteiger partial charge is 0.106 e. The van der Waals surface area contributed by atoms with E-state index in [-0.39, 0.29) is 0 Å². The Morgan fingerprint density at radius 2 is 1.94 bits per heavy atom. The van der Waals surface area contributed by atoms with Crippen LogP contribution < -0.4 is 0 Å². The largest absolute Gasteiger partial charge is 0.384 e. The Labute approximate surface area is 106 Å². The van der Waals surface area contributed by atoms with Crippen LogP contribution in [0.15, 0.2) is 36.7 Å². The quantitative estimate of drug-likeness (QED) is 0.882. The molecule has 88 valence electrons. The normalized spacial score (nSPS) is 12.5. The predicted octanol–water partition coefficient (Wildman–Crippen LogP) is 3.43. The molecule has 1 atom stereocenters. The van der Waals surface area contributed by atoms with Crippen LogP contribution in [-0.4, -0.2) is 10.1 Å². The minimum atomic E-state index is -0.703. The molecule has 1 aromatic heterocycles. The number of rotatable bonds is 2. The van der Waals surface area contributed by atoms with E-state index in [2.05, 4.69) is 4.98 Å². The molecule has 0 aliphatic rings. The highest BCUT2D eigenvalue weighted by atomic mass is 35.5. The fourth-order valence-electron chi connectivity index (χ4n) is 1.91. The molecule has 0 saturated carbocycles. The molecule has 0 spiro atoms. The second-order valence-electron chi connectivity index (χ2n) is 4.16. The van der Waals surface area contributed by atoms with Crippen molar-refractivity contribution in [2.45, 2.75) is 20.0 Å². The van der Waals surface area contributed by atoms with Gasteiger partial charge < -0.3 is 5.11 Å². The Morgan fingerprint density at radius 3 is 2.59 bits per heavy atom. The first-order valence-electron chi connectivity index (χ1n) is 5.44. The second kappa shape index (κ2) is 4.86. The van der Waals surface area contributed by atoms with Gasteiger partial charge in [-0.3, -0.25) is 4.98 Å². The highest BCUT2D eigenvalue weighted by Gasteiger charge is 2.15. The fourth-order valence-corrected chi connectivity index (χ4v) is 2.13. The van der Waals surface area contributed by atoms with Gasteiger partial charge in [-0.05, 0) is 31.0 Å². The number of nitrogens with zero attached hydrogens (tertiary/aromatic N) is 1. The van der Waals surface area contributed by atoms with E-state index in [1.54, 1.807) is 18.5 Å². The van der Waals surface area contributed by atoms with Gasteiger partial charge in [0.05, 0.1) is 5.02 Å². The molecule has 3 heteroatoms. The molecule has 0 saturated heterocycles. The predicted molar refractivity (Wildman–Crippen MR) is 69.2 cm³/mol. The summed E-state index contributed by atoms with van der Waals surface area (Å²) in [5.74, 6) is 0. The van der Waals surface area contributed by atoms with E-state index >= 15 is 0 Å². The highest BCUT2D eigenvalue weighted by Crippen LogP contribution is 2.29. The van der Waals surface area contributed by atoms with E-state index in [4.69, 9.17) is 11.6 Å². The summed E-state index contributed by atoms with van der Waals surface area (Å²) in [7, 11) is 0. The van der Waals surface area contributed by atoms with Crippen molar-refractivity contribution in [3.8, 4) is 0 Å². The molecule has 2 nitrogen and oxygen atoms in total. The zero-order chi connectivity index (χ0) is 12.4. The lowest BCUT2D eigenvalue weighted by Gasteiger charge is -2.15. The fraction of sp³-hybridized carbons (Fsp3) is 0.214. The van der Waals surface area contributed by atoms with E-state index in [0.717, 1.165) is 11.1 Å². The lowest BCUT2D eigenvalue weighted by atomic mass is 9.97. The minimum absolute atomic E-state index is 0.486. The molecule has 1 unspecified atom stereocenters. The van der Waals surface area contributed by atoms with Gasteiger partial charge in [-0.25, -0.2) is 0 Å². The van der Waals surface area contributed by atoms with Gasteiger partial charge >= 0.3 is 0 Å². The van der Waals surface area contributed by atoms with Gasteiger partial charge in [0.1, 0.15) is 6.10 Å². The summed E-state index contributed by atoms with van der Waals surface area (Å²) in [6.45, 7) is 4.02. The van der Waals surface area contributed by atoms with Crippen LogP contribution in [-0.2, 0) is 0 Å². The molecule has 0 bridgehead atoms. The van der Waals surface area contributed by atoms with Gasteiger partial charge in [0, 0.05) is 18.0 Å². The molecular weight excluding hydrogens is 234 g/mol. The maximum Gasteiger partial charge on any atom is 0.106 e. The summed E-state index contributed by atoms with van der Waals surface area (Å²) in [5, 5.41) is 10.8. The van der Waals surface area contributed by atoms with E-state index in [0.29, 0.717) is 10.6 Å². The molecule has 0 aliphatic carbocycles. The molecular formula is C14H14ClNO. The number of hydrogen-bond acceptors (Lipinski definition) is 2. The number of halogens is 1. The molecule has 17 heavy (non-hydrogen) atoms. The maximum absolute atomic E-state index is 10.3. The Bertz CT molecular complexity index is 539. The van der Waals surface area contributed by atoms with Crippen LogP contribution >= 0.6 is 11.6 Å². The summed E-state index contributed by atoms with van der Waals surface area (Å²) in [6.07, 6.45) is 2.48. The van der Waals surface area contributed by atoms with Crippen LogP contribution in [0, 0.1) is 13.8 Å². The lowest BCUT2D eigenvalue weighted by Crippen LogP contribution is -2.03. The van der Waals surface area contributed by atoms with E-state index in [9.17, 15) is 5.11 Å². The minimum Gasteiger partial charge on any atom is -0.384 e. The van der Waals surface area contributed by atoms with Crippen LogP contribution in [0.3, 0.4) is 0 Å². The zero-order valence-corrected chi connectivity index (χ0v) is 10.6. The first kappa shape index (κ1) is 12.1. The van der Waals surface area contributed by atoms with Crippen molar-refractivity contribution in [1.82, 2.24) is 4.98 Å². The van der Waals surface area contributed by atoms with Crippen LogP contribution in [0.1, 0.15) is 28.4 Å². The average Bonchev–Trinajstić information content (AvgIpc) is 2.29. The van der Waals surface area contributed by atoms with Gasteiger partial charge in [0.15, 0.2) is 0 Å².